The summed E-state index contributed by atoms with van der Waals surface area (Å²) in [6.07, 6.45) is 1.68. The molecule has 3 nitrogen and oxygen atoms in total. The standard InChI is InChI=1S/C12H7BrClIN2O/c13-7-1-3-10(14)9(5-7)12(18)17-11-4-2-8(15)6-16-11/h1-6H,(H,16,17,18). The average Bonchev–Trinajstić information content (AvgIpc) is 2.35. The molecule has 0 bridgehead atoms. The smallest absolute Gasteiger partial charge is 0.258 e. The van der Waals surface area contributed by atoms with E-state index in [0.717, 1.165) is 8.04 Å². The molecular formula is C12H7BrClIN2O. The molecule has 2 rings (SSSR count). The van der Waals surface area contributed by atoms with Gasteiger partial charge < -0.3 is 5.32 Å². The van der Waals surface area contributed by atoms with Gasteiger partial charge in [0, 0.05) is 14.2 Å². The molecule has 1 heterocycles. The number of pyridine rings is 1. The minimum absolute atomic E-state index is 0.282. The number of carbonyl (C=O) groups excluding carboxylic acids is 1. The average molecular weight is 437 g/mol. The minimum Gasteiger partial charge on any atom is -0.307 e. The number of anilines is 1. The summed E-state index contributed by atoms with van der Waals surface area (Å²) < 4.78 is 1.80. The van der Waals surface area contributed by atoms with E-state index in [-0.39, 0.29) is 5.91 Å². The van der Waals surface area contributed by atoms with E-state index in [4.69, 9.17) is 11.6 Å². The quantitative estimate of drug-likeness (QED) is 0.710. The first kappa shape index (κ1) is 13.8. The van der Waals surface area contributed by atoms with Gasteiger partial charge in [-0.2, -0.15) is 0 Å². The second kappa shape index (κ2) is 5.99. The van der Waals surface area contributed by atoms with Crippen LogP contribution in [-0.2, 0) is 0 Å². The number of benzene rings is 1. The van der Waals surface area contributed by atoms with Gasteiger partial charge in [-0.05, 0) is 52.9 Å². The number of halogens is 3. The van der Waals surface area contributed by atoms with Crippen molar-refractivity contribution in [2.75, 3.05) is 5.32 Å². The van der Waals surface area contributed by atoms with Crippen LogP contribution in [0.1, 0.15) is 10.4 Å². The fraction of sp³-hybridized carbons (Fsp3) is 0. The largest absolute Gasteiger partial charge is 0.307 e. The molecule has 0 saturated carbocycles. The van der Waals surface area contributed by atoms with Crippen molar-refractivity contribution in [1.82, 2.24) is 4.98 Å². The SMILES string of the molecule is O=C(Nc1ccc(I)cn1)c1cc(Br)ccc1Cl. The number of rotatable bonds is 2. The highest BCUT2D eigenvalue weighted by molar-refractivity contribution is 14.1. The zero-order valence-corrected chi connectivity index (χ0v) is 13.5. The van der Waals surface area contributed by atoms with Crippen LogP contribution in [0.4, 0.5) is 5.82 Å². The molecule has 18 heavy (non-hydrogen) atoms. The maximum absolute atomic E-state index is 12.0. The van der Waals surface area contributed by atoms with E-state index in [9.17, 15) is 4.79 Å². The molecule has 2 aromatic rings. The highest BCUT2D eigenvalue weighted by Gasteiger charge is 2.11. The van der Waals surface area contributed by atoms with Crippen LogP contribution in [0, 0.1) is 3.57 Å². The Labute approximate surface area is 131 Å². The zero-order chi connectivity index (χ0) is 13.1. The predicted octanol–water partition coefficient (Wildman–Crippen LogP) is 4.35. The Balaban J connectivity index is 2.21. The lowest BCUT2D eigenvalue weighted by Gasteiger charge is -2.06. The van der Waals surface area contributed by atoms with Gasteiger partial charge in [-0.25, -0.2) is 4.98 Å². The molecule has 1 amide bonds. The fourth-order valence-electron chi connectivity index (χ4n) is 1.30. The first-order chi connectivity index (χ1) is 8.56. The number of amides is 1. The molecule has 0 fully saturated rings. The number of nitrogens with one attached hydrogen (secondary N) is 1. The van der Waals surface area contributed by atoms with Gasteiger partial charge in [0.2, 0.25) is 0 Å². The molecule has 0 spiro atoms. The van der Waals surface area contributed by atoms with Crippen molar-refractivity contribution in [2.24, 2.45) is 0 Å². The molecule has 0 aliphatic heterocycles. The molecule has 1 aromatic heterocycles. The van der Waals surface area contributed by atoms with Crippen molar-refractivity contribution in [3.63, 3.8) is 0 Å². The van der Waals surface area contributed by atoms with Crippen LogP contribution in [0.3, 0.4) is 0 Å². The summed E-state index contributed by atoms with van der Waals surface area (Å²) in [5, 5.41) is 3.10. The molecule has 0 aliphatic carbocycles. The molecule has 1 aromatic carbocycles. The molecule has 6 heteroatoms. The Kier molecular flexibility index (Phi) is 4.58. The lowest BCUT2D eigenvalue weighted by molar-refractivity contribution is 0.102. The van der Waals surface area contributed by atoms with Crippen LogP contribution in [0.2, 0.25) is 5.02 Å². The van der Waals surface area contributed by atoms with Gasteiger partial charge >= 0.3 is 0 Å². The fourth-order valence-corrected chi connectivity index (χ4v) is 2.19. The summed E-state index contributed by atoms with van der Waals surface area (Å²) in [7, 11) is 0. The minimum atomic E-state index is -0.282. The van der Waals surface area contributed by atoms with E-state index in [1.165, 1.54) is 0 Å². The van der Waals surface area contributed by atoms with Gasteiger partial charge in [-0.15, -0.1) is 0 Å². The molecule has 1 N–H and O–H groups in total. The Morgan fingerprint density at radius 1 is 1.33 bits per heavy atom. The normalized spacial score (nSPS) is 10.2. The highest BCUT2D eigenvalue weighted by atomic mass is 127. The second-order valence-electron chi connectivity index (χ2n) is 3.44. The van der Waals surface area contributed by atoms with E-state index in [1.54, 1.807) is 30.5 Å². The first-order valence-corrected chi connectivity index (χ1v) is 7.19. The van der Waals surface area contributed by atoms with Crippen molar-refractivity contribution in [3.05, 3.63) is 55.2 Å². The third-order valence-corrected chi connectivity index (χ3v) is 3.60. The summed E-state index contributed by atoms with van der Waals surface area (Å²) in [4.78, 5) is 16.1. The predicted molar refractivity (Wildman–Crippen MR) is 84.1 cm³/mol. The lowest BCUT2D eigenvalue weighted by Crippen LogP contribution is -2.13. The van der Waals surface area contributed by atoms with E-state index in [0.29, 0.717) is 16.4 Å². The Morgan fingerprint density at radius 2 is 2.11 bits per heavy atom. The Hall–Kier alpha value is -0.660. The van der Waals surface area contributed by atoms with Gasteiger partial charge in [0.25, 0.3) is 5.91 Å². The summed E-state index contributed by atoms with van der Waals surface area (Å²) in [5.74, 6) is 0.214. The van der Waals surface area contributed by atoms with Crippen molar-refractivity contribution >= 4 is 61.8 Å². The second-order valence-corrected chi connectivity index (χ2v) is 6.01. The van der Waals surface area contributed by atoms with E-state index < -0.39 is 0 Å². The van der Waals surface area contributed by atoms with E-state index >= 15 is 0 Å². The van der Waals surface area contributed by atoms with Crippen LogP contribution >= 0.6 is 50.1 Å². The number of hydrogen-bond acceptors (Lipinski definition) is 2. The summed E-state index contributed by atoms with van der Waals surface area (Å²) in [6, 6.07) is 8.73. The van der Waals surface area contributed by atoms with Gasteiger partial charge in [0.15, 0.2) is 0 Å². The van der Waals surface area contributed by atoms with Crippen molar-refractivity contribution in [1.29, 1.82) is 0 Å². The maximum Gasteiger partial charge on any atom is 0.258 e. The number of aromatic nitrogens is 1. The molecule has 0 unspecified atom stereocenters. The van der Waals surface area contributed by atoms with Gasteiger partial charge in [0.1, 0.15) is 5.82 Å². The van der Waals surface area contributed by atoms with Crippen LogP contribution in [-0.4, -0.2) is 10.9 Å². The zero-order valence-electron chi connectivity index (χ0n) is 8.95. The molecule has 0 saturated heterocycles. The number of hydrogen-bond donors (Lipinski definition) is 1. The molecule has 0 aliphatic rings. The molecular weight excluding hydrogens is 430 g/mol. The van der Waals surface area contributed by atoms with Crippen LogP contribution in [0.25, 0.3) is 0 Å². The van der Waals surface area contributed by atoms with E-state index in [2.05, 4.69) is 48.8 Å². The van der Waals surface area contributed by atoms with Crippen molar-refractivity contribution in [2.45, 2.75) is 0 Å². The summed E-state index contributed by atoms with van der Waals surface area (Å²) in [5.41, 5.74) is 0.409. The maximum atomic E-state index is 12.0. The molecule has 0 atom stereocenters. The first-order valence-electron chi connectivity index (χ1n) is 4.94. The van der Waals surface area contributed by atoms with Gasteiger partial charge in [-0.1, -0.05) is 27.5 Å². The summed E-state index contributed by atoms with van der Waals surface area (Å²) >= 11 is 11.4. The lowest BCUT2D eigenvalue weighted by atomic mass is 10.2. The third kappa shape index (κ3) is 3.43. The Morgan fingerprint density at radius 3 is 2.78 bits per heavy atom. The van der Waals surface area contributed by atoms with Gasteiger partial charge in [0.05, 0.1) is 10.6 Å². The highest BCUT2D eigenvalue weighted by Crippen LogP contribution is 2.21. The number of carbonyl (C=O) groups is 1. The Bertz CT molecular complexity index is 589. The topological polar surface area (TPSA) is 42.0 Å². The van der Waals surface area contributed by atoms with Crippen molar-refractivity contribution in [3.8, 4) is 0 Å². The van der Waals surface area contributed by atoms with Crippen LogP contribution < -0.4 is 5.32 Å². The molecule has 92 valence electrons. The van der Waals surface area contributed by atoms with Gasteiger partial charge in [-0.3, -0.25) is 4.79 Å². The third-order valence-electron chi connectivity index (χ3n) is 2.14. The number of nitrogens with zero attached hydrogens (tertiary/aromatic N) is 1. The molecule has 0 radical (unpaired) electrons. The van der Waals surface area contributed by atoms with Crippen LogP contribution in [0.5, 0.6) is 0 Å². The van der Waals surface area contributed by atoms with E-state index in [1.807, 2.05) is 6.07 Å². The van der Waals surface area contributed by atoms with Crippen molar-refractivity contribution < 1.29 is 4.79 Å². The van der Waals surface area contributed by atoms with Crippen LogP contribution in [0.15, 0.2) is 41.0 Å². The monoisotopic (exact) mass is 436 g/mol. The summed E-state index contributed by atoms with van der Waals surface area (Å²) in [6.45, 7) is 0.